The molecule has 0 unspecified atom stereocenters. The molecule has 102 valence electrons. The molecule has 0 heterocycles. The van der Waals surface area contributed by atoms with Gasteiger partial charge in [-0.3, -0.25) is 0 Å². The summed E-state index contributed by atoms with van der Waals surface area (Å²) in [4.78, 5) is 0. The fourth-order valence-corrected chi connectivity index (χ4v) is 1.82. The van der Waals surface area contributed by atoms with E-state index in [4.69, 9.17) is 16.3 Å². The van der Waals surface area contributed by atoms with Gasteiger partial charge in [-0.05, 0) is 24.4 Å². The summed E-state index contributed by atoms with van der Waals surface area (Å²) in [6, 6.07) is 5.90. The van der Waals surface area contributed by atoms with Gasteiger partial charge < -0.3 is 10.1 Å². The Morgan fingerprint density at radius 2 is 2.00 bits per heavy atom. The summed E-state index contributed by atoms with van der Waals surface area (Å²) in [5, 5.41) is 3.99. The zero-order valence-corrected chi connectivity index (χ0v) is 12.6. The summed E-state index contributed by atoms with van der Waals surface area (Å²) in [6.45, 7) is 11.2. The molecule has 0 spiro atoms. The highest BCUT2D eigenvalue weighted by molar-refractivity contribution is 6.32. The van der Waals surface area contributed by atoms with Crippen LogP contribution in [0.25, 0.3) is 0 Å². The van der Waals surface area contributed by atoms with E-state index in [0.29, 0.717) is 11.6 Å². The van der Waals surface area contributed by atoms with Crippen molar-refractivity contribution in [3.05, 3.63) is 28.8 Å². The summed E-state index contributed by atoms with van der Waals surface area (Å²) < 4.78 is 5.87. The van der Waals surface area contributed by atoms with Crippen molar-refractivity contribution in [1.82, 2.24) is 5.32 Å². The van der Waals surface area contributed by atoms with Gasteiger partial charge in [0.1, 0.15) is 5.75 Å². The van der Waals surface area contributed by atoms with Crippen LogP contribution in [-0.4, -0.2) is 13.2 Å². The topological polar surface area (TPSA) is 21.3 Å². The second-order valence-electron chi connectivity index (χ2n) is 5.67. The Labute approximate surface area is 116 Å². The second-order valence-corrected chi connectivity index (χ2v) is 6.07. The van der Waals surface area contributed by atoms with Crippen LogP contribution in [0.5, 0.6) is 5.75 Å². The molecule has 1 N–H and O–H groups in total. The minimum Gasteiger partial charge on any atom is -0.492 e. The number of halogens is 1. The summed E-state index contributed by atoms with van der Waals surface area (Å²) in [7, 11) is 0. The normalized spacial score (nSPS) is 11.6. The van der Waals surface area contributed by atoms with Crippen LogP contribution in [0.15, 0.2) is 18.2 Å². The summed E-state index contributed by atoms with van der Waals surface area (Å²) >= 11 is 6.21. The Morgan fingerprint density at radius 3 is 2.61 bits per heavy atom. The molecule has 0 aromatic heterocycles. The lowest BCUT2D eigenvalue weighted by molar-refractivity contribution is 0.241. The third-order valence-corrected chi connectivity index (χ3v) is 3.01. The SMILES string of the molecule is CCNCc1cccc(Cl)c1OCCC(C)(C)C. The van der Waals surface area contributed by atoms with Crippen molar-refractivity contribution in [1.29, 1.82) is 0 Å². The number of para-hydroxylation sites is 1. The maximum Gasteiger partial charge on any atom is 0.142 e. The Hall–Kier alpha value is -0.730. The van der Waals surface area contributed by atoms with Gasteiger partial charge in [0, 0.05) is 12.1 Å². The Kier molecular flexibility index (Phi) is 5.97. The minimum absolute atomic E-state index is 0.281. The van der Waals surface area contributed by atoms with Crippen molar-refractivity contribution in [2.45, 2.75) is 40.7 Å². The van der Waals surface area contributed by atoms with Crippen LogP contribution in [0.2, 0.25) is 5.02 Å². The molecular weight excluding hydrogens is 246 g/mol. The van der Waals surface area contributed by atoms with Crippen LogP contribution in [0.3, 0.4) is 0 Å². The number of benzene rings is 1. The molecule has 0 amide bonds. The summed E-state index contributed by atoms with van der Waals surface area (Å²) in [5.74, 6) is 0.823. The van der Waals surface area contributed by atoms with Crippen LogP contribution in [-0.2, 0) is 6.54 Å². The average molecular weight is 270 g/mol. The van der Waals surface area contributed by atoms with E-state index < -0.39 is 0 Å². The molecule has 3 heteroatoms. The standard InChI is InChI=1S/C15H24ClNO/c1-5-17-11-12-7-6-8-13(16)14(12)18-10-9-15(2,3)4/h6-8,17H,5,9-11H2,1-4H3. The maximum atomic E-state index is 6.21. The lowest BCUT2D eigenvalue weighted by Crippen LogP contribution is -2.15. The van der Waals surface area contributed by atoms with Crippen molar-refractivity contribution in [3.8, 4) is 5.75 Å². The largest absolute Gasteiger partial charge is 0.492 e. The first-order valence-electron chi connectivity index (χ1n) is 6.55. The number of rotatable bonds is 6. The summed E-state index contributed by atoms with van der Waals surface area (Å²) in [6.07, 6.45) is 1.01. The van der Waals surface area contributed by atoms with Crippen LogP contribution in [0.1, 0.15) is 39.7 Å². The summed E-state index contributed by atoms with van der Waals surface area (Å²) in [5.41, 5.74) is 1.40. The van der Waals surface area contributed by atoms with Crippen LogP contribution < -0.4 is 10.1 Å². The first-order valence-corrected chi connectivity index (χ1v) is 6.93. The fraction of sp³-hybridized carbons (Fsp3) is 0.600. The van der Waals surface area contributed by atoms with Crippen molar-refractivity contribution < 1.29 is 4.74 Å². The van der Waals surface area contributed by atoms with Crippen LogP contribution in [0, 0.1) is 5.41 Å². The van der Waals surface area contributed by atoms with Gasteiger partial charge >= 0.3 is 0 Å². The lowest BCUT2D eigenvalue weighted by Gasteiger charge is -2.19. The molecule has 18 heavy (non-hydrogen) atoms. The average Bonchev–Trinajstić information content (AvgIpc) is 2.27. The lowest BCUT2D eigenvalue weighted by atomic mass is 9.93. The Morgan fingerprint density at radius 1 is 1.28 bits per heavy atom. The quantitative estimate of drug-likeness (QED) is 0.833. The molecule has 2 nitrogen and oxygen atoms in total. The van der Waals surface area contributed by atoms with Crippen molar-refractivity contribution in [2.75, 3.05) is 13.2 Å². The molecule has 0 radical (unpaired) electrons. The highest BCUT2D eigenvalue weighted by Gasteiger charge is 2.12. The van der Waals surface area contributed by atoms with Gasteiger partial charge in [-0.2, -0.15) is 0 Å². The second kappa shape index (κ2) is 7.01. The molecule has 0 bridgehead atoms. The van der Waals surface area contributed by atoms with E-state index in [0.717, 1.165) is 30.8 Å². The van der Waals surface area contributed by atoms with E-state index in [-0.39, 0.29) is 5.41 Å². The van der Waals surface area contributed by atoms with Gasteiger partial charge in [0.25, 0.3) is 0 Å². The molecule has 1 aromatic rings. The molecule has 0 aliphatic rings. The smallest absolute Gasteiger partial charge is 0.142 e. The molecular formula is C15H24ClNO. The first-order chi connectivity index (χ1) is 8.44. The van der Waals surface area contributed by atoms with Gasteiger partial charge in [-0.1, -0.05) is 51.4 Å². The third-order valence-electron chi connectivity index (χ3n) is 2.71. The predicted octanol–water partition coefficient (Wildman–Crippen LogP) is 4.26. The zero-order valence-electron chi connectivity index (χ0n) is 11.8. The number of hydrogen-bond acceptors (Lipinski definition) is 2. The molecule has 1 aromatic carbocycles. The van der Waals surface area contributed by atoms with Gasteiger partial charge in [0.15, 0.2) is 0 Å². The monoisotopic (exact) mass is 269 g/mol. The van der Waals surface area contributed by atoms with Gasteiger partial charge in [-0.25, -0.2) is 0 Å². The van der Waals surface area contributed by atoms with Crippen molar-refractivity contribution >= 4 is 11.6 Å². The maximum absolute atomic E-state index is 6.21. The first kappa shape index (κ1) is 15.3. The van der Waals surface area contributed by atoms with E-state index >= 15 is 0 Å². The van der Waals surface area contributed by atoms with E-state index in [2.05, 4.69) is 39.1 Å². The highest BCUT2D eigenvalue weighted by atomic mass is 35.5. The Bertz CT molecular complexity index is 371. The molecule has 0 saturated carbocycles. The van der Waals surface area contributed by atoms with Crippen LogP contribution in [0.4, 0.5) is 0 Å². The Balaban J connectivity index is 2.67. The minimum atomic E-state index is 0.281. The fourth-order valence-electron chi connectivity index (χ4n) is 1.57. The highest BCUT2D eigenvalue weighted by Crippen LogP contribution is 2.29. The van der Waals surface area contributed by atoms with Crippen LogP contribution >= 0.6 is 11.6 Å². The van der Waals surface area contributed by atoms with Gasteiger partial charge in [0.05, 0.1) is 11.6 Å². The molecule has 0 aliphatic carbocycles. The molecule has 0 saturated heterocycles. The molecule has 0 atom stereocenters. The zero-order chi connectivity index (χ0) is 13.6. The van der Waals surface area contributed by atoms with Crippen molar-refractivity contribution in [3.63, 3.8) is 0 Å². The van der Waals surface area contributed by atoms with E-state index in [9.17, 15) is 0 Å². The number of hydrogen-bond donors (Lipinski definition) is 1. The molecule has 1 rings (SSSR count). The van der Waals surface area contributed by atoms with E-state index in [1.54, 1.807) is 0 Å². The van der Waals surface area contributed by atoms with Crippen molar-refractivity contribution in [2.24, 2.45) is 5.41 Å². The van der Waals surface area contributed by atoms with E-state index in [1.165, 1.54) is 0 Å². The number of nitrogens with one attached hydrogen (secondary N) is 1. The predicted molar refractivity (Wildman–Crippen MR) is 78.4 cm³/mol. The number of ether oxygens (including phenoxy) is 1. The van der Waals surface area contributed by atoms with E-state index in [1.807, 2.05) is 12.1 Å². The molecule has 0 fully saturated rings. The van der Waals surface area contributed by atoms with Gasteiger partial charge in [-0.15, -0.1) is 0 Å². The van der Waals surface area contributed by atoms with Gasteiger partial charge in [0.2, 0.25) is 0 Å². The molecule has 0 aliphatic heterocycles. The third kappa shape index (κ3) is 5.28.